The summed E-state index contributed by atoms with van der Waals surface area (Å²) in [5.41, 5.74) is 3.16. The van der Waals surface area contributed by atoms with Gasteiger partial charge in [-0.3, -0.25) is 4.79 Å². The van der Waals surface area contributed by atoms with E-state index in [0.717, 1.165) is 28.6 Å². The maximum atomic E-state index is 12.5. The Morgan fingerprint density at radius 1 is 1.23 bits per heavy atom. The largest absolute Gasteiger partial charge is 0.301 e. The van der Waals surface area contributed by atoms with Gasteiger partial charge in [-0.05, 0) is 56.0 Å². The predicted octanol–water partition coefficient (Wildman–Crippen LogP) is 3.82. The molecule has 2 aromatic heterocycles. The van der Waals surface area contributed by atoms with E-state index in [9.17, 15) is 13.2 Å². The van der Waals surface area contributed by atoms with Crippen LogP contribution in [0.1, 0.15) is 24.0 Å². The number of hydrogen-bond acceptors (Lipinski definition) is 7. The molecule has 0 bridgehead atoms. The first-order chi connectivity index (χ1) is 14.3. The third kappa shape index (κ3) is 4.51. The van der Waals surface area contributed by atoms with E-state index in [4.69, 9.17) is 0 Å². The van der Waals surface area contributed by atoms with Crippen molar-refractivity contribution in [1.82, 2.24) is 14.3 Å². The summed E-state index contributed by atoms with van der Waals surface area (Å²) in [6.45, 7) is 5.17. The molecule has 1 N–H and O–H groups in total. The molecule has 1 saturated heterocycles. The molecule has 1 amide bonds. The molecule has 0 spiro atoms. The van der Waals surface area contributed by atoms with Crippen LogP contribution in [0.15, 0.2) is 40.4 Å². The average Bonchev–Trinajstić information content (AvgIpc) is 3.37. The first kappa shape index (κ1) is 21.2. The van der Waals surface area contributed by atoms with Crippen molar-refractivity contribution in [3.05, 3.63) is 41.6 Å². The Hall–Kier alpha value is -2.01. The van der Waals surface area contributed by atoms with Gasteiger partial charge in [-0.25, -0.2) is 18.4 Å². The molecule has 1 aliphatic heterocycles. The summed E-state index contributed by atoms with van der Waals surface area (Å²) in [7, 11) is -3.47. The minimum absolute atomic E-state index is 0.166. The maximum Gasteiger partial charge on any atom is 0.244 e. The number of anilines is 1. The van der Waals surface area contributed by atoms with Crippen molar-refractivity contribution in [1.29, 1.82) is 0 Å². The van der Waals surface area contributed by atoms with Gasteiger partial charge < -0.3 is 5.32 Å². The molecule has 0 unspecified atom stereocenters. The number of hydrogen-bond donors (Lipinski definition) is 1. The van der Waals surface area contributed by atoms with Gasteiger partial charge in [0.05, 0.1) is 21.0 Å². The lowest BCUT2D eigenvalue weighted by Crippen LogP contribution is -2.27. The first-order valence-corrected chi connectivity index (χ1v) is 12.8. The van der Waals surface area contributed by atoms with Crippen molar-refractivity contribution in [3.63, 3.8) is 0 Å². The molecule has 10 heteroatoms. The number of amides is 1. The summed E-state index contributed by atoms with van der Waals surface area (Å²) < 4.78 is 27.6. The van der Waals surface area contributed by atoms with Gasteiger partial charge in [0.15, 0.2) is 5.13 Å². The smallest absolute Gasteiger partial charge is 0.244 e. The van der Waals surface area contributed by atoms with E-state index in [-0.39, 0.29) is 16.6 Å². The van der Waals surface area contributed by atoms with E-state index in [2.05, 4.69) is 27.4 Å². The fourth-order valence-electron chi connectivity index (χ4n) is 3.40. The van der Waals surface area contributed by atoms with Gasteiger partial charge >= 0.3 is 0 Å². The van der Waals surface area contributed by atoms with Crippen LogP contribution in [0.4, 0.5) is 5.13 Å². The summed E-state index contributed by atoms with van der Waals surface area (Å²) in [6.07, 6.45) is 3.15. The molecule has 0 aliphatic carbocycles. The predicted molar refractivity (Wildman–Crippen MR) is 121 cm³/mol. The highest BCUT2D eigenvalue weighted by molar-refractivity contribution is 7.99. The van der Waals surface area contributed by atoms with Crippen LogP contribution in [0.5, 0.6) is 0 Å². The number of aryl methyl sites for hydroxylation is 2. The molecule has 4 rings (SSSR count). The Labute approximate surface area is 184 Å². The fourth-order valence-corrected chi connectivity index (χ4v) is 6.57. The van der Waals surface area contributed by atoms with Crippen LogP contribution in [0.3, 0.4) is 0 Å². The van der Waals surface area contributed by atoms with Gasteiger partial charge in [0.1, 0.15) is 4.90 Å². The van der Waals surface area contributed by atoms with Gasteiger partial charge in [-0.2, -0.15) is 4.31 Å². The summed E-state index contributed by atoms with van der Waals surface area (Å²) >= 11 is 2.71. The molecule has 30 heavy (non-hydrogen) atoms. The maximum absolute atomic E-state index is 12.5. The SMILES string of the molecule is Cc1cc(C)c2nc(NC(=O)CSc3ccc(S(=O)(=O)N4CCCC4)cn3)sc2c1. The third-order valence-electron chi connectivity index (χ3n) is 4.84. The number of rotatable bonds is 6. The van der Waals surface area contributed by atoms with Crippen LogP contribution in [-0.2, 0) is 14.8 Å². The molecule has 0 atom stereocenters. The van der Waals surface area contributed by atoms with Crippen molar-refractivity contribution in [3.8, 4) is 0 Å². The minimum Gasteiger partial charge on any atom is -0.301 e. The zero-order valence-electron chi connectivity index (χ0n) is 16.7. The van der Waals surface area contributed by atoms with Gasteiger partial charge in [0, 0.05) is 19.3 Å². The monoisotopic (exact) mass is 462 g/mol. The van der Waals surface area contributed by atoms with Gasteiger partial charge in [-0.1, -0.05) is 29.2 Å². The topological polar surface area (TPSA) is 92.3 Å². The van der Waals surface area contributed by atoms with Crippen molar-refractivity contribution in [2.75, 3.05) is 24.2 Å². The zero-order chi connectivity index (χ0) is 21.3. The molecule has 1 fully saturated rings. The van der Waals surface area contributed by atoms with Crippen molar-refractivity contribution in [2.24, 2.45) is 0 Å². The van der Waals surface area contributed by atoms with Crippen LogP contribution in [0.2, 0.25) is 0 Å². The summed E-state index contributed by atoms with van der Waals surface area (Å²) in [5, 5.41) is 4.01. The number of carbonyl (C=O) groups excluding carboxylic acids is 1. The standard InChI is InChI=1S/C20H22N4O3S3/c1-13-9-14(2)19-16(10-13)29-20(23-19)22-17(25)12-28-18-6-5-15(11-21-18)30(26,27)24-7-3-4-8-24/h5-6,9-11H,3-4,7-8,12H2,1-2H3,(H,22,23,25). The van der Waals surface area contributed by atoms with Crippen molar-refractivity contribution < 1.29 is 13.2 Å². The van der Waals surface area contributed by atoms with E-state index in [1.807, 2.05) is 13.8 Å². The number of pyridine rings is 1. The molecular formula is C20H22N4O3S3. The van der Waals surface area contributed by atoms with Crippen LogP contribution < -0.4 is 5.32 Å². The van der Waals surface area contributed by atoms with Crippen LogP contribution in [-0.4, -0.2) is 47.4 Å². The highest BCUT2D eigenvalue weighted by Gasteiger charge is 2.27. The molecule has 1 aromatic carbocycles. The lowest BCUT2D eigenvalue weighted by Gasteiger charge is -2.15. The molecule has 0 saturated carbocycles. The molecule has 158 valence electrons. The van der Waals surface area contributed by atoms with Crippen LogP contribution in [0.25, 0.3) is 10.2 Å². The average molecular weight is 463 g/mol. The van der Waals surface area contributed by atoms with Gasteiger partial charge in [-0.15, -0.1) is 0 Å². The lowest BCUT2D eigenvalue weighted by molar-refractivity contribution is -0.113. The molecule has 1 aliphatic rings. The fraction of sp³-hybridized carbons (Fsp3) is 0.350. The quantitative estimate of drug-likeness (QED) is 0.560. The van der Waals surface area contributed by atoms with E-state index in [1.54, 1.807) is 12.1 Å². The summed E-state index contributed by atoms with van der Waals surface area (Å²) in [6, 6.07) is 7.33. The Morgan fingerprint density at radius 3 is 2.70 bits per heavy atom. The summed E-state index contributed by atoms with van der Waals surface area (Å²) in [4.78, 5) is 21.2. The van der Waals surface area contributed by atoms with E-state index in [1.165, 1.54) is 39.2 Å². The Bertz CT molecular complexity index is 1180. The molecule has 0 radical (unpaired) electrons. The van der Waals surface area contributed by atoms with Crippen LogP contribution in [0, 0.1) is 13.8 Å². The molecular weight excluding hydrogens is 440 g/mol. The highest BCUT2D eigenvalue weighted by Crippen LogP contribution is 2.29. The Morgan fingerprint density at radius 2 is 2.00 bits per heavy atom. The number of sulfonamides is 1. The second-order valence-corrected chi connectivity index (χ2v) is 11.2. The van der Waals surface area contributed by atoms with Crippen molar-refractivity contribution >= 4 is 54.4 Å². The molecule has 3 heterocycles. The second-order valence-electron chi connectivity index (χ2n) is 7.23. The zero-order valence-corrected chi connectivity index (χ0v) is 19.2. The number of thioether (sulfide) groups is 1. The number of aromatic nitrogens is 2. The van der Waals surface area contributed by atoms with Gasteiger partial charge in [0.2, 0.25) is 15.9 Å². The second kappa shape index (κ2) is 8.62. The first-order valence-electron chi connectivity index (χ1n) is 9.59. The number of benzene rings is 1. The Balaban J connectivity index is 1.36. The van der Waals surface area contributed by atoms with Gasteiger partial charge in [0.25, 0.3) is 0 Å². The normalized spacial score (nSPS) is 15.0. The number of carbonyl (C=O) groups is 1. The third-order valence-corrected chi connectivity index (χ3v) is 8.58. The Kier molecular flexibility index (Phi) is 6.10. The lowest BCUT2D eigenvalue weighted by atomic mass is 10.1. The van der Waals surface area contributed by atoms with E-state index < -0.39 is 10.0 Å². The number of nitrogens with one attached hydrogen (secondary N) is 1. The van der Waals surface area contributed by atoms with E-state index in [0.29, 0.717) is 23.2 Å². The van der Waals surface area contributed by atoms with E-state index >= 15 is 0 Å². The molecule has 3 aromatic rings. The van der Waals surface area contributed by atoms with Crippen LogP contribution >= 0.6 is 23.1 Å². The highest BCUT2D eigenvalue weighted by atomic mass is 32.2. The number of fused-ring (bicyclic) bond motifs is 1. The number of nitrogens with zero attached hydrogens (tertiary/aromatic N) is 3. The number of thiazole rings is 1. The summed E-state index contributed by atoms with van der Waals surface area (Å²) in [5.74, 6) is -0.0110. The minimum atomic E-state index is -3.47. The van der Waals surface area contributed by atoms with Crippen molar-refractivity contribution in [2.45, 2.75) is 36.6 Å². The molecule has 7 nitrogen and oxygen atoms in total.